The van der Waals surface area contributed by atoms with Crippen LogP contribution < -0.4 is 10.5 Å². The van der Waals surface area contributed by atoms with Crippen molar-refractivity contribution in [3.63, 3.8) is 0 Å². The maximum absolute atomic E-state index is 12.6. The van der Waals surface area contributed by atoms with Crippen molar-refractivity contribution in [3.05, 3.63) is 29.8 Å². The molecule has 2 atom stereocenters. The molecule has 116 valence electrons. The third-order valence-corrected chi connectivity index (χ3v) is 4.34. The number of benzene rings is 1. The van der Waals surface area contributed by atoms with E-state index in [2.05, 4.69) is 0 Å². The third kappa shape index (κ3) is 3.76. The summed E-state index contributed by atoms with van der Waals surface area (Å²) in [5.41, 5.74) is 6.84. The van der Waals surface area contributed by atoms with Gasteiger partial charge in [-0.25, -0.2) is 0 Å². The summed E-state index contributed by atoms with van der Waals surface area (Å²) in [6.45, 7) is 3.80. The molecule has 0 bridgehead atoms. The fourth-order valence-corrected chi connectivity index (χ4v) is 3.19. The van der Waals surface area contributed by atoms with Gasteiger partial charge in [0.1, 0.15) is 5.75 Å². The number of carbonyl (C=O) groups excluding carboxylic acids is 1. The first-order valence-electron chi connectivity index (χ1n) is 7.83. The molecule has 21 heavy (non-hydrogen) atoms. The molecule has 1 fully saturated rings. The average Bonchev–Trinajstić information content (AvgIpc) is 2.97. The summed E-state index contributed by atoms with van der Waals surface area (Å²) in [5.74, 6) is 1.53. The first-order chi connectivity index (χ1) is 10.2. The Balaban J connectivity index is 2.04. The van der Waals surface area contributed by atoms with E-state index >= 15 is 0 Å². The summed E-state index contributed by atoms with van der Waals surface area (Å²) < 4.78 is 5.63. The lowest BCUT2D eigenvalue weighted by molar-refractivity contribution is -0.135. The monoisotopic (exact) mass is 290 g/mol. The van der Waals surface area contributed by atoms with E-state index in [1.54, 1.807) is 0 Å². The normalized spacial score (nSPS) is 21.3. The van der Waals surface area contributed by atoms with Gasteiger partial charge in [-0.15, -0.1) is 0 Å². The predicted molar refractivity (Wildman–Crippen MR) is 84.0 cm³/mol. The highest BCUT2D eigenvalue weighted by molar-refractivity contribution is 5.79. The van der Waals surface area contributed by atoms with Crippen LogP contribution in [-0.2, 0) is 11.3 Å². The van der Waals surface area contributed by atoms with Crippen LogP contribution in [0.5, 0.6) is 5.75 Å². The summed E-state index contributed by atoms with van der Waals surface area (Å²) in [6.07, 6.45) is 3.16. The topological polar surface area (TPSA) is 55.6 Å². The molecule has 1 saturated carbocycles. The summed E-state index contributed by atoms with van der Waals surface area (Å²) >= 11 is 0. The Morgan fingerprint density at radius 2 is 2.14 bits per heavy atom. The van der Waals surface area contributed by atoms with E-state index in [0.29, 0.717) is 25.6 Å². The molecule has 0 aliphatic heterocycles. The third-order valence-electron chi connectivity index (χ3n) is 4.34. The van der Waals surface area contributed by atoms with E-state index < -0.39 is 0 Å². The maximum atomic E-state index is 12.6. The van der Waals surface area contributed by atoms with Crippen LogP contribution in [-0.4, -0.2) is 31.0 Å². The van der Waals surface area contributed by atoms with Crippen molar-refractivity contribution >= 4 is 5.91 Å². The van der Waals surface area contributed by atoms with Crippen molar-refractivity contribution in [1.29, 1.82) is 0 Å². The largest absolute Gasteiger partial charge is 0.494 e. The summed E-state index contributed by atoms with van der Waals surface area (Å²) in [7, 11) is 1.87. The number of hydrogen-bond acceptors (Lipinski definition) is 3. The van der Waals surface area contributed by atoms with Gasteiger partial charge >= 0.3 is 0 Å². The van der Waals surface area contributed by atoms with Gasteiger partial charge in [-0.3, -0.25) is 4.79 Å². The fraction of sp³-hybridized carbons (Fsp3) is 0.588. The molecular weight excluding hydrogens is 264 g/mol. The average molecular weight is 290 g/mol. The fourth-order valence-electron chi connectivity index (χ4n) is 3.19. The van der Waals surface area contributed by atoms with Gasteiger partial charge < -0.3 is 15.4 Å². The molecule has 1 aromatic rings. The van der Waals surface area contributed by atoms with Crippen LogP contribution in [0.4, 0.5) is 0 Å². The molecule has 4 nitrogen and oxygen atoms in total. The van der Waals surface area contributed by atoms with E-state index in [1.165, 1.54) is 0 Å². The lowest BCUT2D eigenvalue weighted by Crippen LogP contribution is -2.36. The zero-order valence-electron chi connectivity index (χ0n) is 13.0. The van der Waals surface area contributed by atoms with Crippen LogP contribution in [0.15, 0.2) is 24.3 Å². The number of nitrogens with zero attached hydrogens (tertiary/aromatic N) is 1. The van der Waals surface area contributed by atoms with Crippen molar-refractivity contribution in [1.82, 2.24) is 4.90 Å². The number of amides is 1. The lowest BCUT2D eigenvalue weighted by Gasteiger charge is -2.25. The molecular formula is C17H26N2O2. The van der Waals surface area contributed by atoms with E-state index in [1.807, 2.05) is 43.1 Å². The van der Waals surface area contributed by atoms with Crippen molar-refractivity contribution in [2.45, 2.75) is 32.7 Å². The Labute approximate surface area is 127 Å². The molecule has 1 aliphatic rings. The molecule has 0 heterocycles. The minimum Gasteiger partial charge on any atom is -0.494 e. The summed E-state index contributed by atoms with van der Waals surface area (Å²) in [4.78, 5) is 14.4. The molecule has 0 radical (unpaired) electrons. The van der Waals surface area contributed by atoms with Gasteiger partial charge in [0.2, 0.25) is 5.91 Å². The SMILES string of the molecule is CCOc1ccccc1CN(C)C(=O)C1CCCC1CN. The smallest absolute Gasteiger partial charge is 0.226 e. The Hall–Kier alpha value is -1.55. The highest BCUT2D eigenvalue weighted by Crippen LogP contribution is 2.32. The number of para-hydroxylation sites is 1. The Bertz CT molecular complexity index is 476. The molecule has 0 saturated heterocycles. The van der Waals surface area contributed by atoms with Crippen LogP contribution in [0.2, 0.25) is 0 Å². The second-order valence-corrected chi connectivity index (χ2v) is 5.77. The molecule has 1 amide bonds. The molecule has 0 aromatic heterocycles. The highest BCUT2D eigenvalue weighted by atomic mass is 16.5. The van der Waals surface area contributed by atoms with E-state index in [-0.39, 0.29) is 11.8 Å². The first kappa shape index (κ1) is 15.8. The van der Waals surface area contributed by atoms with Crippen LogP contribution in [0.1, 0.15) is 31.7 Å². The number of hydrogen-bond donors (Lipinski definition) is 1. The van der Waals surface area contributed by atoms with Crippen LogP contribution in [0.25, 0.3) is 0 Å². The zero-order valence-corrected chi connectivity index (χ0v) is 13.0. The molecule has 4 heteroatoms. The van der Waals surface area contributed by atoms with Crippen molar-refractivity contribution in [3.8, 4) is 5.75 Å². The van der Waals surface area contributed by atoms with Crippen molar-refractivity contribution < 1.29 is 9.53 Å². The van der Waals surface area contributed by atoms with Crippen LogP contribution >= 0.6 is 0 Å². The zero-order chi connectivity index (χ0) is 15.2. The van der Waals surface area contributed by atoms with Gasteiger partial charge in [0.25, 0.3) is 0 Å². The highest BCUT2D eigenvalue weighted by Gasteiger charge is 2.33. The second-order valence-electron chi connectivity index (χ2n) is 5.77. The van der Waals surface area contributed by atoms with Gasteiger partial charge in [-0.05, 0) is 38.3 Å². The lowest BCUT2D eigenvalue weighted by atomic mass is 9.94. The van der Waals surface area contributed by atoms with Gasteiger partial charge in [0.05, 0.1) is 6.61 Å². The van der Waals surface area contributed by atoms with Gasteiger partial charge in [-0.2, -0.15) is 0 Å². The second kappa shape index (κ2) is 7.46. The first-order valence-corrected chi connectivity index (χ1v) is 7.83. The summed E-state index contributed by atoms with van der Waals surface area (Å²) in [5, 5.41) is 0. The summed E-state index contributed by atoms with van der Waals surface area (Å²) in [6, 6.07) is 7.91. The molecule has 2 rings (SSSR count). The maximum Gasteiger partial charge on any atom is 0.226 e. The minimum atomic E-state index is 0.0965. The predicted octanol–water partition coefficient (Wildman–Crippen LogP) is 2.42. The Morgan fingerprint density at radius 1 is 1.38 bits per heavy atom. The number of rotatable bonds is 6. The molecule has 2 unspecified atom stereocenters. The van der Waals surface area contributed by atoms with Crippen molar-refractivity contribution in [2.24, 2.45) is 17.6 Å². The van der Waals surface area contributed by atoms with Crippen LogP contribution in [0.3, 0.4) is 0 Å². The van der Waals surface area contributed by atoms with Crippen LogP contribution in [0, 0.1) is 11.8 Å². The molecule has 2 N–H and O–H groups in total. The number of ether oxygens (including phenoxy) is 1. The van der Waals surface area contributed by atoms with Gasteiger partial charge in [-0.1, -0.05) is 24.6 Å². The quantitative estimate of drug-likeness (QED) is 0.875. The standard InChI is InChI=1S/C17H26N2O2/c1-3-21-16-10-5-4-7-14(16)12-19(2)17(20)15-9-6-8-13(15)11-18/h4-5,7,10,13,15H,3,6,8-9,11-12,18H2,1-2H3. The minimum absolute atomic E-state index is 0.0965. The Morgan fingerprint density at radius 3 is 2.86 bits per heavy atom. The molecule has 1 aromatic carbocycles. The van der Waals surface area contributed by atoms with E-state index in [0.717, 1.165) is 30.6 Å². The Kier molecular flexibility index (Phi) is 5.62. The van der Waals surface area contributed by atoms with E-state index in [4.69, 9.17) is 10.5 Å². The van der Waals surface area contributed by atoms with Crippen molar-refractivity contribution in [2.75, 3.05) is 20.2 Å². The number of nitrogens with two attached hydrogens (primary N) is 1. The molecule has 1 aliphatic carbocycles. The van der Waals surface area contributed by atoms with Gasteiger partial charge in [0.15, 0.2) is 0 Å². The van der Waals surface area contributed by atoms with Gasteiger partial charge in [0, 0.05) is 25.1 Å². The molecule has 0 spiro atoms. The van der Waals surface area contributed by atoms with E-state index in [9.17, 15) is 4.79 Å². The number of carbonyl (C=O) groups is 1.